The van der Waals surface area contributed by atoms with Crippen molar-refractivity contribution in [3.63, 3.8) is 0 Å². The van der Waals surface area contributed by atoms with Crippen molar-refractivity contribution in [2.45, 2.75) is 38.1 Å². The second-order valence-electron chi connectivity index (χ2n) is 3.65. The molecule has 0 aromatic rings. The maximum Gasteiger partial charge on any atom is 0.323 e. The number of rotatable bonds is 6. The summed E-state index contributed by atoms with van der Waals surface area (Å²) in [6.45, 7) is 3.04. The van der Waals surface area contributed by atoms with Gasteiger partial charge >= 0.3 is 11.9 Å². The van der Waals surface area contributed by atoms with Crippen molar-refractivity contribution in [1.82, 2.24) is 5.32 Å². The van der Waals surface area contributed by atoms with Gasteiger partial charge in [0.2, 0.25) is 0 Å². The molecule has 0 aromatic carbocycles. The number of hydrogen-bond donors (Lipinski definition) is 5. The van der Waals surface area contributed by atoms with Crippen LogP contribution in [0.25, 0.3) is 0 Å². The molecule has 0 bridgehead atoms. The maximum absolute atomic E-state index is 10.1. The van der Waals surface area contributed by atoms with Crippen LogP contribution in [0.3, 0.4) is 0 Å². The van der Waals surface area contributed by atoms with Gasteiger partial charge in [-0.2, -0.15) is 0 Å². The molecule has 0 amide bonds. The lowest BCUT2D eigenvalue weighted by Crippen LogP contribution is -2.42. The fourth-order valence-corrected chi connectivity index (χ4v) is 0.918. The Morgan fingerprint density at radius 1 is 1.22 bits per heavy atom. The summed E-state index contributed by atoms with van der Waals surface area (Å²) in [7, 11) is 2.92. The van der Waals surface area contributed by atoms with Gasteiger partial charge in [0.25, 0.3) is 0 Å². The van der Waals surface area contributed by atoms with Gasteiger partial charge in [-0.05, 0) is 20.9 Å². The molecule has 0 aliphatic rings. The summed E-state index contributed by atoms with van der Waals surface area (Å²) >= 11 is 0. The van der Waals surface area contributed by atoms with Gasteiger partial charge in [-0.1, -0.05) is 0 Å². The molecule has 108 valence electrons. The smallest absolute Gasteiger partial charge is 0.323 e. The minimum absolute atomic E-state index is 0.428. The van der Waals surface area contributed by atoms with Crippen molar-refractivity contribution in [2.75, 3.05) is 14.2 Å². The molecule has 0 aromatic heterocycles. The Balaban J connectivity index is 0. The van der Waals surface area contributed by atoms with Crippen LogP contribution in [0.1, 0.15) is 13.8 Å². The van der Waals surface area contributed by atoms with Crippen LogP contribution < -0.4 is 11.1 Å². The number of aliphatic hydroxyl groups is 1. The zero-order valence-electron chi connectivity index (χ0n) is 11.0. The molecule has 0 spiro atoms. The highest BCUT2D eigenvalue weighted by atomic mass is 16.5. The summed E-state index contributed by atoms with van der Waals surface area (Å²) in [5.41, 5.74) is 5.15. The van der Waals surface area contributed by atoms with E-state index in [2.05, 4.69) is 10.1 Å². The number of ether oxygens (including phenoxy) is 1. The Morgan fingerprint density at radius 3 is 1.72 bits per heavy atom. The summed E-state index contributed by atoms with van der Waals surface area (Å²) in [5, 5.41) is 27.8. The van der Waals surface area contributed by atoms with Crippen molar-refractivity contribution in [2.24, 2.45) is 5.73 Å². The molecular weight excluding hydrogens is 244 g/mol. The molecule has 0 aliphatic carbocycles. The van der Waals surface area contributed by atoms with Gasteiger partial charge in [0.1, 0.15) is 12.1 Å². The zero-order chi connectivity index (χ0) is 14.9. The molecule has 0 aliphatic heterocycles. The third-order valence-electron chi connectivity index (χ3n) is 2.22. The van der Waals surface area contributed by atoms with E-state index in [4.69, 9.17) is 21.1 Å². The van der Waals surface area contributed by atoms with Gasteiger partial charge in [0, 0.05) is 7.11 Å². The van der Waals surface area contributed by atoms with E-state index in [1.165, 1.54) is 21.1 Å². The van der Waals surface area contributed by atoms with E-state index in [0.29, 0.717) is 0 Å². The fourth-order valence-electron chi connectivity index (χ4n) is 0.918. The molecule has 8 nitrogen and oxygen atoms in total. The summed E-state index contributed by atoms with van der Waals surface area (Å²) < 4.78 is 4.67. The fraction of sp³-hybridized carbons (Fsp3) is 0.800. The first-order valence-corrected chi connectivity index (χ1v) is 5.28. The van der Waals surface area contributed by atoms with Crippen molar-refractivity contribution in [1.29, 1.82) is 0 Å². The number of methoxy groups -OCH3 is 1. The van der Waals surface area contributed by atoms with E-state index in [-0.39, 0.29) is 0 Å². The molecule has 0 heterocycles. The van der Waals surface area contributed by atoms with Crippen LogP contribution in [0.5, 0.6) is 0 Å². The van der Waals surface area contributed by atoms with Crippen LogP contribution >= 0.6 is 0 Å². The predicted molar refractivity (Wildman–Crippen MR) is 64.2 cm³/mol. The van der Waals surface area contributed by atoms with Gasteiger partial charge in [-0.15, -0.1) is 0 Å². The van der Waals surface area contributed by atoms with Crippen LogP contribution in [0.15, 0.2) is 0 Å². The normalized spacial score (nSPS) is 16.8. The van der Waals surface area contributed by atoms with E-state index in [1.54, 1.807) is 6.92 Å². The van der Waals surface area contributed by atoms with Gasteiger partial charge in [0.15, 0.2) is 0 Å². The largest absolute Gasteiger partial charge is 0.480 e. The Labute approximate surface area is 106 Å². The predicted octanol–water partition coefficient (Wildman–Crippen LogP) is -1.53. The number of nitrogens with one attached hydrogen (secondary N) is 1. The number of aliphatic carboxylic acids is 2. The summed E-state index contributed by atoms with van der Waals surface area (Å²) in [5.74, 6) is -2.07. The van der Waals surface area contributed by atoms with E-state index in [1.807, 2.05) is 0 Å². The second-order valence-corrected chi connectivity index (χ2v) is 3.65. The number of hydrogen-bond acceptors (Lipinski definition) is 6. The lowest BCUT2D eigenvalue weighted by molar-refractivity contribution is -0.142. The third-order valence-corrected chi connectivity index (χ3v) is 2.22. The van der Waals surface area contributed by atoms with Gasteiger partial charge in [-0.25, -0.2) is 0 Å². The second kappa shape index (κ2) is 9.77. The number of carboxylic acid groups (broad SMARTS) is 2. The van der Waals surface area contributed by atoms with Crippen molar-refractivity contribution in [3.8, 4) is 0 Å². The molecule has 4 unspecified atom stereocenters. The average Bonchev–Trinajstić information content (AvgIpc) is 2.27. The van der Waals surface area contributed by atoms with Crippen LogP contribution in [-0.2, 0) is 14.3 Å². The number of carbonyl (C=O) groups is 2. The summed E-state index contributed by atoms with van der Waals surface area (Å²) in [6, 6.07) is -1.78. The SMILES string of the molecule is CNC(C(=O)O)C(C)O.COC(C)C(N)C(=O)O. The highest BCUT2D eigenvalue weighted by Gasteiger charge is 2.19. The Morgan fingerprint density at radius 2 is 1.67 bits per heavy atom. The molecule has 0 radical (unpaired) electrons. The highest BCUT2D eigenvalue weighted by Crippen LogP contribution is 1.92. The van der Waals surface area contributed by atoms with Crippen LogP contribution in [0.2, 0.25) is 0 Å². The molecular formula is C10H22N2O6. The zero-order valence-corrected chi connectivity index (χ0v) is 11.0. The van der Waals surface area contributed by atoms with Gasteiger partial charge in [-0.3, -0.25) is 9.59 Å². The van der Waals surface area contributed by atoms with Crippen LogP contribution in [-0.4, -0.2) is 65.7 Å². The van der Waals surface area contributed by atoms with E-state index in [0.717, 1.165) is 0 Å². The van der Waals surface area contributed by atoms with Gasteiger partial charge in [0.05, 0.1) is 12.2 Å². The average molecular weight is 266 g/mol. The van der Waals surface area contributed by atoms with Crippen LogP contribution in [0.4, 0.5) is 0 Å². The van der Waals surface area contributed by atoms with Crippen molar-refractivity contribution >= 4 is 11.9 Å². The minimum Gasteiger partial charge on any atom is -0.480 e. The molecule has 0 saturated carbocycles. The van der Waals surface area contributed by atoms with Crippen LogP contribution in [0, 0.1) is 0 Å². The molecule has 0 saturated heterocycles. The molecule has 0 rings (SSSR count). The Bertz CT molecular complexity index is 259. The summed E-state index contributed by atoms with van der Waals surface area (Å²) in [6.07, 6.45) is -1.28. The topological polar surface area (TPSA) is 142 Å². The molecule has 18 heavy (non-hydrogen) atoms. The first kappa shape index (κ1) is 19.1. The van der Waals surface area contributed by atoms with E-state index in [9.17, 15) is 9.59 Å². The lowest BCUT2D eigenvalue weighted by atomic mass is 10.2. The highest BCUT2D eigenvalue weighted by molar-refractivity contribution is 5.74. The monoisotopic (exact) mass is 266 g/mol. The molecule has 6 N–H and O–H groups in total. The molecule has 8 heteroatoms. The van der Waals surface area contributed by atoms with Crippen molar-refractivity contribution in [3.05, 3.63) is 0 Å². The minimum atomic E-state index is -1.04. The summed E-state index contributed by atoms with van der Waals surface area (Å²) in [4.78, 5) is 20.2. The quantitative estimate of drug-likeness (QED) is 0.390. The molecule has 4 atom stereocenters. The third kappa shape index (κ3) is 7.96. The standard InChI is InChI=1S/2C5H11NO3/c1-3(9-2)4(6)5(7)8;1-3(7)4(6-2)5(8)9/h3-4H,6H2,1-2H3,(H,7,8);3-4,6-7H,1-2H3,(H,8,9). The lowest BCUT2D eigenvalue weighted by Gasteiger charge is -2.12. The van der Waals surface area contributed by atoms with E-state index >= 15 is 0 Å². The Hall–Kier alpha value is -1.22. The molecule has 0 fully saturated rings. The first-order valence-electron chi connectivity index (χ1n) is 5.28. The number of aliphatic hydroxyl groups excluding tert-OH is 1. The van der Waals surface area contributed by atoms with E-state index < -0.39 is 36.2 Å². The van der Waals surface area contributed by atoms with Crippen molar-refractivity contribution < 1.29 is 29.6 Å². The first-order chi connectivity index (χ1) is 8.18. The number of carboxylic acids is 2. The Kier molecular flexibility index (Phi) is 10.4. The van der Waals surface area contributed by atoms with Gasteiger partial charge < -0.3 is 31.1 Å². The maximum atomic E-state index is 10.1. The number of nitrogens with two attached hydrogens (primary N) is 1. The number of likely N-dealkylation sites (N-methyl/N-ethyl adjacent to an activating group) is 1.